The second-order valence-electron chi connectivity index (χ2n) is 8.27. The van der Waals surface area contributed by atoms with Gasteiger partial charge < -0.3 is 4.90 Å². The molecule has 1 aliphatic heterocycles. The molecule has 1 saturated carbocycles. The van der Waals surface area contributed by atoms with Gasteiger partial charge in [-0.05, 0) is 30.4 Å². The molecule has 1 aliphatic carbocycles. The van der Waals surface area contributed by atoms with Crippen molar-refractivity contribution in [3.8, 4) is 5.82 Å². The zero-order chi connectivity index (χ0) is 21.2. The molecule has 0 spiro atoms. The highest BCUT2D eigenvalue weighted by atomic mass is 32.2. The van der Waals surface area contributed by atoms with Crippen molar-refractivity contribution >= 4 is 32.3 Å². The van der Waals surface area contributed by atoms with Crippen LogP contribution in [0.1, 0.15) is 6.42 Å². The molecule has 0 amide bonds. The van der Waals surface area contributed by atoms with Crippen molar-refractivity contribution in [2.45, 2.75) is 11.3 Å². The molecule has 158 valence electrons. The fourth-order valence-electron chi connectivity index (χ4n) is 4.43. The molecular formula is C21H21N7O2S. The Bertz CT molecular complexity index is 1400. The first-order valence-electron chi connectivity index (χ1n) is 10.2. The maximum Gasteiger partial charge on any atom is 0.265 e. The van der Waals surface area contributed by atoms with Gasteiger partial charge in [0.25, 0.3) is 10.0 Å². The maximum atomic E-state index is 13.0. The van der Waals surface area contributed by atoms with E-state index in [1.54, 1.807) is 36.3 Å². The summed E-state index contributed by atoms with van der Waals surface area (Å²) in [6, 6.07) is 9.35. The Hall–Kier alpha value is -3.40. The Morgan fingerprint density at radius 3 is 2.77 bits per heavy atom. The number of sulfonamides is 1. The standard InChI is InChI=1S/C21H21N7O2S/c1-26-21-14(9-23-26)3-2-4-19(21)25-31(29,30)18-10-24-28(13-18)20-8-17(5-6-22-20)27-11-15-7-16(15)12-27/h2-6,8-10,13,15-16,25H,7,11-12H2,1H3. The average Bonchev–Trinajstić information content (AvgIpc) is 3.16. The van der Waals surface area contributed by atoms with E-state index in [4.69, 9.17) is 0 Å². The lowest BCUT2D eigenvalue weighted by Crippen LogP contribution is -2.22. The topological polar surface area (TPSA) is 97.9 Å². The fourth-order valence-corrected chi connectivity index (χ4v) is 5.42. The molecule has 2 unspecified atom stereocenters. The molecule has 1 aromatic carbocycles. The number of rotatable bonds is 5. The van der Waals surface area contributed by atoms with Crippen LogP contribution in [0.4, 0.5) is 11.4 Å². The first kappa shape index (κ1) is 18.4. The third-order valence-electron chi connectivity index (χ3n) is 6.18. The number of nitrogens with one attached hydrogen (secondary N) is 1. The van der Waals surface area contributed by atoms with Crippen molar-refractivity contribution in [1.29, 1.82) is 0 Å². The Morgan fingerprint density at radius 1 is 1.10 bits per heavy atom. The summed E-state index contributed by atoms with van der Waals surface area (Å²) >= 11 is 0. The van der Waals surface area contributed by atoms with Gasteiger partial charge in [0.15, 0.2) is 5.82 Å². The van der Waals surface area contributed by atoms with Crippen molar-refractivity contribution in [2.24, 2.45) is 18.9 Å². The molecular weight excluding hydrogens is 414 g/mol. The van der Waals surface area contributed by atoms with Gasteiger partial charge in [-0.1, -0.05) is 12.1 Å². The second-order valence-corrected chi connectivity index (χ2v) is 9.95. The number of fused-ring (bicyclic) bond motifs is 2. The molecule has 2 fully saturated rings. The van der Waals surface area contributed by atoms with Gasteiger partial charge in [0.2, 0.25) is 0 Å². The molecule has 4 aromatic rings. The monoisotopic (exact) mass is 435 g/mol. The molecule has 4 heterocycles. The van der Waals surface area contributed by atoms with E-state index in [9.17, 15) is 8.42 Å². The number of hydrogen-bond donors (Lipinski definition) is 1. The van der Waals surface area contributed by atoms with Crippen LogP contribution in [0.15, 0.2) is 60.0 Å². The van der Waals surface area contributed by atoms with Gasteiger partial charge in [-0.15, -0.1) is 0 Å². The third kappa shape index (κ3) is 3.14. The summed E-state index contributed by atoms with van der Waals surface area (Å²) < 4.78 is 31.8. The van der Waals surface area contributed by atoms with Crippen LogP contribution in [0, 0.1) is 11.8 Å². The highest BCUT2D eigenvalue weighted by molar-refractivity contribution is 7.92. The molecule has 6 rings (SSSR count). The van der Waals surface area contributed by atoms with Gasteiger partial charge in [-0.25, -0.2) is 18.1 Å². The van der Waals surface area contributed by atoms with E-state index in [2.05, 4.69) is 24.8 Å². The first-order chi connectivity index (χ1) is 15.0. The highest BCUT2D eigenvalue weighted by Gasteiger charge is 2.45. The van der Waals surface area contributed by atoms with Crippen molar-refractivity contribution in [3.63, 3.8) is 0 Å². The van der Waals surface area contributed by atoms with Crippen molar-refractivity contribution < 1.29 is 8.42 Å². The molecule has 1 saturated heterocycles. The second kappa shape index (κ2) is 6.55. The number of piperidine rings is 1. The van der Waals surface area contributed by atoms with Gasteiger partial charge in [-0.3, -0.25) is 9.40 Å². The van der Waals surface area contributed by atoms with E-state index in [-0.39, 0.29) is 4.90 Å². The van der Waals surface area contributed by atoms with Gasteiger partial charge in [0.1, 0.15) is 4.90 Å². The molecule has 9 nitrogen and oxygen atoms in total. The lowest BCUT2D eigenvalue weighted by molar-refractivity contribution is 0.601. The molecule has 31 heavy (non-hydrogen) atoms. The van der Waals surface area contributed by atoms with E-state index in [0.717, 1.165) is 41.5 Å². The van der Waals surface area contributed by atoms with E-state index in [1.807, 2.05) is 18.2 Å². The smallest absolute Gasteiger partial charge is 0.265 e. The van der Waals surface area contributed by atoms with Gasteiger partial charge >= 0.3 is 0 Å². The Kier molecular flexibility index (Phi) is 3.88. The summed E-state index contributed by atoms with van der Waals surface area (Å²) in [7, 11) is -2.05. The predicted octanol–water partition coefficient (Wildman–Crippen LogP) is 2.41. The molecule has 0 radical (unpaired) electrons. The van der Waals surface area contributed by atoms with Crippen LogP contribution in [-0.2, 0) is 17.1 Å². The minimum Gasteiger partial charge on any atom is -0.371 e. The number of nitrogens with zero attached hydrogens (tertiary/aromatic N) is 6. The van der Waals surface area contributed by atoms with Crippen molar-refractivity contribution in [3.05, 3.63) is 55.1 Å². The summed E-state index contributed by atoms with van der Waals surface area (Å²) in [6.07, 6.45) is 7.61. The lowest BCUT2D eigenvalue weighted by atomic mass is 10.2. The minimum atomic E-state index is -3.83. The van der Waals surface area contributed by atoms with E-state index < -0.39 is 10.0 Å². The molecule has 1 N–H and O–H groups in total. The maximum absolute atomic E-state index is 13.0. The Balaban J connectivity index is 1.28. The van der Waals surface area contributed by atoms with Crippen LogP contribution in [0.2, 0.25) is 0 Å². The van der Waals surface area contributed by atoms with E-state index in [0.29, 0.717) is 11.5 Å². The summed E-state index contributed by atoms with van der Waals surface area (Å²) in [5.41, 5.74) is 2.28. The van der Waals surface area contributed by atoms with Crippen LogP contribution in [0.25, 0.3) is 16.7 Å². The van der Waals surface area contributed by atoms with Crippen molar-refractivity contribution in [1.82, 2.24) is 24.5 Å². The number of anilines is 2. The van der Waals surface area contributed by atoms with E-state index in [1.165, 1.54) is 23.5 Å². The Labute approximate surface area is 179 Å². The third-order valence-corrected chi connectivity index (χ3v) is 7.50. The number of benzene rings is 1. The zero-order valence-electron chi connectivity index (χ0n) is 16.9. The van der Waals surface area contributed by atoms with Crippen LogP contribution in [0.3, 0.4) is 0 Å². The quantitative estimate of drug-likeness (QED) is 0.517. The van der Waals surface area contributed by atoms with E-state index >= 15 is 0 Å². The van der Waals surface area contributed by atoms with Crippen molar-refractivity contribution in [2.75, 3.05) is 22.7 Å². The van der Waals surface area contributed by atoms with Crippen LogP contribution < -0.4 is 9.62 Å². The molecule has 2 atom stereocenters. The minimum absolute atomic E-state index is 0.0706. The molecule has 3 aromatic heterocycles. The fraction of sp³-hybridized carbons (Fsp3) is 0.286. The van der Waals surface area contributed by atoms with Crippen LogP contribution in [-0.4, -0.2) is 46.1 Å². The summed E-state index contributed by atoms with van der Waals surface area (Å²) in [5.74, 6) is 2.24. The summed E-state index contributed by atoms with van der Waals surface area (Å²) in [5, 5.41) is 9.32. The lowest BCUT2D eigenvalue weighted by Gasteiger charge is -2.20. The van der Waals surface area contributed by atoms with Crippen LogP contribution in [0.5, 0.6) is 0 Å². The highest BCUT2D eigenvalue weighted by Crippen LogP contribution is 2.46. The van der Waals surface area contributed by atoms with Gasteiger partial charge in [0.05, 0.1) is 29.8 Å². The number of hydrogen-bond acceptors (Lipinski definition) is 6. The summed E-state index contributed by atoms with van der Waals surface area (Å²) in [4.78, 5) is 6.82. The average molecular weight is 436 g/mol. The number of para-hydroxylation sites is 1. The normalized spacial score (nSPS) is 20.2. The molecule has 10 heteroatoms. The largest absolute Gasteiger partial charge is 0.371 e. The summed E-state index contributed by atoms with van der Waals surface area (Å²) in [6.45, 7) is 2.16. The number of aromatic nitrogens is 5. The number of aryl methyl sites for hydroxylation is 1. The molecule has 2 aliphatic rings. The van der Waals surface area contributed by atoms with Crippen LogP contribution >= 0.6 is 0 Å². The van der Waals surface area contributed by atoms with Gasteiger partial charge in [0, 0.05) is 43.5 Å². The number of pyridine rings is 1. The SMILES string of the molecule is Cn1ncc2cccc(NS(=O)(=O)c3cnn(-c4cc(N5CC6CC6C5)ccn4)c3)c21. The predicted molar refractivity (Wildman–Crippen MR) is 117 cm³/mol. The Morgan fingerprint density at radius 2 is 1.94 bits per heavy atom. The molecule has 0 bridgehead atoms. The zero-order valence-corrected chi connectivity index (χ0v) is 17.7. The first-order valence-corrected chi connectivity index (χ1v) is 11.7. The van der Waals surface area contributed by atoms with Gasteiger partial charge in [-0.2, -0.15) is 10.2 Å².